The minimum absolute atomic E-state index is 0.537. The van der Waals surface area contributed by atoms with Crippen molar-refractivity contribution in [2.45, 2.75) is 17.8 Å². The van der Waals surface area contributed by atoms with Gasteiger partial charge in [0, 0.05) is 11.8 Å². The van der Waals surface area contributed by atoms with Crippen LogP contribution in [0.2, 0.25) is 0 Å². The second-order valence-electron chi connectivity index (χ2n) is 5.09. The quantitative estimate of drug-likeness (QED) is 0.536. The van der Waals surface area contributed by atoms with Crippen molar-refractivity contribution in [3.8, 4) is 11.5 Å². The fraction of sp³-hybridized carbons (Fsp3) is 0.125. The van der Waals surface area contributed by atoms with Crippen LogP contribution in [0.15, 0.2) is 58.3 Å². The summed E-state index contributed by atoms with van der Waals surface area (Å²) in [5.41, 5.74) is 2.91. The topological polar surface area (TPSA) is 69.1 Å². The van der Waals surface area contributed by atoms with Gasteiger partial charge >= 0.3 is 0 Å². The first-order valence-corrected chi connectivity index (χ1v) is 8.10. The van der Waals surface area contributed by atoms with Crippen molar-refractivity contribution in [3.05, 3.63) is 60.0 Å². The second-order valence-corrected chi connectivity index (χ2v) is 6.03. The van der Waals surface area contributed by atoms with Crippen LogP contribution in [0.5, 0.6) is 0 Å². The third kappa shape index (κ3) is 2.83. The van der Waals surface area contributed by atoms with Crippen LogP contribution in [0.25, 0.3) is 17.1 Å². The van der Waals surface area contributed by atoms with Gasteiger partial charge in [-0.1, -0.05) is 40.7 Å². The van der Waals surface area contributed by atoms with Gasteiger partial charge in [0.1, 0.15) is 0 Å². The maximum atomic E-state index is 5.35. The van der Waals surface area contributed by atoms with Gasteiger partial charge in [0.2, 0.25) is 0 Å². The van der Waals surface area contributed by atoms with Crippen LogP contribution in [0.1, 0.15) is 11.4 Å². The van der Waals surface area contributed by atoms with E-state index in [1.165, 1.54) is 11.8 Å². The van der Waals surface area contributed by atoms with Crippen molar-refractivity contribution in [2.75, 3.05) is 0 Å². The molecule has 7 heteroatoms. The number of aromatic nitrogens is 5. The van der Waals surface area contributed by atoms with Gasteiger partial charge in [-0.3, -0.25) is 4.40 Å². The minimum atomic E-state index is 0.537. The fourth-order valence-electron chi connectivity index (χ4n) is 2.25. The summed E-state index contributed by atoms with van der Waals surface area (Å²) < 4.78 is 7.28. The third-order valence-corrected chi connectivity index (χ3v) is 4.29. The molecule has 3 heterocycles. The zero-order chi connectivity index (χ0) is 15.6. The van der Waals surface area contributed by atoms with E-state index < -0.39 is 0 Å². The Balaban J connectivity index is 1.52. The normalized spacial score (nSPS) is 11.2. The average molecular weight is 323 g/mol. The first-order valence-electron chi connectivity index (χ1n) is 7.12. The number of pyridine rings is 1. The standard InChI is InChI=1S/C16H13N5OS/c1-11-5-4-6-12(9-11)15-17-13(20-22-15)10-23-16-19-18-14-7-2-3-8-21(14)16/h2-9H,10H2,1H3. The van der Waals surface area contributed by atoms with Gasteiger partial charge < -0.3 is 4.52 Å². The van der Waals surface area contributed by atoms with Crippen LogP contribution in [-0.4, -0.2) is 24.7 Å². The Morgan fingerprint density at radius 3 is 3.00 bits per heavy atom. The smallest absolute Gasteiger partial charge is 0.257 e. The first kappa shape index (κ1) is 14.0. The van der Waals surface area contributed by atoms with Crippen LogP contribution in [0.4, 0.5) is 0 Å². The number of thioether (sulfide) groups is 1. The number of hydrogen-bond acceptors (Lipinski definition) is 6. The van der Waals surface area contributed by atoms with Gasteiger partial charge in [-0.15, -0.1) is 10.2 Å². The molecule has 114 valence electrons. The lowest BCUT2D eigenvalue weighted by Crippen LogP contribution is -1.89. The molecule has 1 aromatic carbocycles. The van der Waals surface area contributed by atoms with E-state index in [1.807, 2.05) is 60.0 Å². The monoisotopic (exact) mass is 323 g/mol. The lowest BCUT2D eigenvalue weighted by molar-refractivity contribution is 0.425. The molecule has 0 aliphatic carbocycles. The Morgan fingerprint density at radius 1 is 1.13 bits per heavy atom. The Kier molecular flexibility index (Phi) is 3.55. The lowest BCUT2D eigenvalue weighted by Gasteiger charge is -1.96. The van der Waals surface area contributed by atoms with Crippen LogP contribution < -0.4 is 0 Å². The van der Waals surface area contributed by atoms with Crippen molar-refractivity contribution < 1.29 is 4.52 Å². The molecule has 3 aromatic heterocycles. The van der Waals surface area contributed by atoms with E-state index in [-0.39, 0.29) is 0 Å². The van der Waals surface area contributed by atoms with Gasteiger partial charge in [-0.25, -0.2) is 0 Å². The summed E-state index contributed by atoms with van der Waals surface area (Å²) >= 11 is 1.53. The SMILES string of the molecule is Cc1cccc(-c2nc(CSc3nnc4ccccn34)no2)c1. The van der Waals surface area contributed by atoms with Crippen LogP contribution in [-0.2, 0) is 5.75 Å². The highest BCUT2D eigenvalue weighted by molar-refractivity contribution is 7.98. The Morgan fingerprint density at radius 2 is 2.09 bits per heavy atom. The Hall–Kier alpha value is -2.67. The number of rotatable bonds is 4. The molecule has 0 spiro atoms. The first-order chi connectivity index (χ1) is 11.3. The van der Waals surface area contributed by atoms with E-state index in [0.717, 1.165) is 21.9 Å². The summed E-state index contributed by atoms with van der Waals surface area (Å²) in [5.74, 6) is 1.75. The van der Waals surface area contributed by atoms with Crippen LogP contribution >= 0.6 is 11.8 Å². The van der Waals surface area contributed by atoms with E-state index >= 15 is 0 Å². The van der Waals surface area contributed by atoms with Crippen molar-refractivity contribution in [3.63, 3.8) is 0 Å². The zero-order valence-electron chi connectivity index (χ0n) is 12.4. The highest BCUT2D eigenvalue weighted by Crippen LogP contribution is 2.23. The third-order valence-electron chi connectivity index (χ3n) is 3.35. The minimum Gasteiger partial charge on any atom is -0.334 e. The van der Waals surface area contributed by atoms with E-state index in [9.17, 15) is 0 Å². The second kappa shape index (κ2) is 5.85. The van der Waals surface area contributed by atoms with E-state index in [0.29, 0.717) is 17.5 Å². The van der Waals surface area contributed by atoms with Crippen LogP contribution in [0.3, 0.4) is 0 Å². The van der Waals surface area contributed by atoms with Crippen molar-refractivity contribution in [1.82, 2.24) is 24.7 Å². The van der Waals surface area contributed by atoms with Gasteiger partial charge in [-0.05, 0) is 31.2 Å². The molecular weight excluding hydrogens is 310 g/mol. The Bertz CT molecular complexity index is 962. The number of nitrogens with zero attached hydrogens (tertiary/aromatic N) is 5. The number of aryl methyl sites for hydroxylation is 1. The van der Waals surface area contributed by atoms with Gasteiger partial charge in [0.15, 0.2) is 16.6 Å². The molecule has 0 saturated heterocycles. The lowest BCUT2D eigenvalue weighted by atomic mass is 10.1. The number of hydrogen-bond donors (Lipinski definition) is 0. The highest BCUT2D eigenvalue weighted by Gasteiger charge is 2.11. The summed E-state index contributed by atoms with van der Waals surface area (Å²) in [6.45, 7) is 2.03. The maximum absolute atomic E-state index is 5.35. The van der Waals surface area contributed by atoms with Crippen molar-refractivity contribution in [2.24, 2.45) is 0 Å². The number of fused-ring (bicyclic) bond motifs is 1. The largest absolute Gasteiger partial charge is 0.334 e. The highest BCUT2D eigenvalue weighted by atomic mass is 32.2. The molecule has 4 aromatic rings. The molecule has 0 amide bonds. The molecule has 0 atom stereocenters. The van der Waals surface area contributed by atoms with Crippen molar-refractivity contribution in [1.29, 1.82) is 0 Å². The molecule has 4 rings (SSSR count). The summed E-state index contributed by atoms with van der Waals surface area (Å²) in [7, 11) is 0. The molecule has 0 aliphatic heterocycles. The molecule has 0 fully saturated rings. The summed E-state index contributed by atoms with van der Waals surface area (Å²) in [6.07, 6.45) is 1.94. The molecular formula is C16H13N5OS. The molecule has 0 unspecified atom stereocenters. The molecule has 23 heavy (non-hydrogen) atoms. The molecule has 6 nitrogen and oxygen atoms in total. The van der Waals surface area contributed by atoms with Gasteiger partial charge in [0.05, 0.1) is 5.75 Å². The van der Waals surface area contributed by atoms with Gasteiger partial charge in [-0.2, -0.15) is 4.98 Å². The molecule has 0 radical (unpaired) electrons. The average Bonchev–Trinajstić information content (AvgIpc) is 3.20. The van der Waals surface area contributed by atoms with Gasteiger partial charge in [0.25, 0.3) is 5.89 Å². The summed E-state index contributed by atoms with van der Waals surface area (Å²) in [5, 5.41) is 13.1. The van der Waals surface area contributed by atoms with Crippen molar-refractivity contribution >= 4 is 17.4 Å². The fourth-order valence-corrected chi connectivity index (χ4v) is 3.02. The van der Waals surface area contributed by atoms with Crippen LogP contribution in [0, 0.1) is 6.92 Å². The summed E-state index contributed by atoms with van der Waals surface area (Å²) in [4.78, 5) is 4.45. The predicted octanol–water partition coefficient (Wildman–Crippen LogP) is 3.38. The molecule has 0 aliphatic rings. The maximum Gasteiger partial charge on any atom is 0.257 e. The van der Waals surface area contributed by atoms with E-state index in [4.69, 9.17) is 4.52 Å². The Labute approximate surface area is 136 Å². The molecule has 0 N–H and O–H groups in total. The number of benzene rings is 1. The predicted molar refractivity (Wildman–Crippen MR) is 87.0 cm³/mol. The summed E-state index contributed by atoms with van der Waals surface area (Å²) in [6, 6.07) is 13.8. The zero-order valence-corrected chi connectivity index (χ0v) is 13.2. The molecule has 0 saturated carbocycles. The van der Waals surface area contributed by atoms with E-state index in [1.54, 1.807) is 0 Å². The molecule has 0 bridgehead atoms. The van der Waals surface area contributed by atoms with E-state index in [2.05, 4.69) is 20.3 Å².